The van der Waals surface area contributed by atoms with Gasteiger partial charge >= 0.3 is 0 Å². The van der Waals surface area contributed by atoms with Gasteiger partial charge in [0.05, 0.1) is 27.0 Å². The molecule has 0 aromatic heterocycles. The minimum atomic E-state index is -0.448. The van der Waals surface area contributed by atoms with E-state index in [0.29, 0.717) is 22.9 Å². The smallest absolute Gasteiger partial charge is 0.258 e. The first-order valence-electron chi connectivity index (χ1n) is 6.01. The highest BCUT2D eigenvalue weighted by molar-refractivity contribution is 6.40. The van der Waals surface area contributed by atoms with Crippen molar-refractivity contribution in [3.63, 3.8) is 0 Å². The van der Waals surface area contributed by atoms with Crippen molar-refractivity contribution in [3.8, 4) is 11.5 Å². The Balaban J connectivity index is 1.92. The van der Waals surface area contributed by atoms with Crippen molar-refractivity contribution in [2.24, 2.45) is 0 Å². The van der Waals surface area contributed by atoms with Crippen LogP contribution in [0.4, 0.5) is 11.4 Å². The zero-order valence-electron chi connectivity index (χ0n) is 10.7. The Morgan fingerprint density at radius 2 is 1.76 bits per heavy atom. The zero-order valence-corrected chi connectivity index (χ0v) is 12.2. The molecule has 2 aromatic carbocycles. The highest BCUT2D eigenvalue weighted by atomic mass is 35.5. The summed E-state index contributed by atoms with van der Waals surface area (Å²) in [5.74, 6) is 0.613. The molecule has 3 N–H and O–H groups in total. The van der Waals surface area contributed by atoms with E-state index in [1.54, 1.807) is 30.3 Å². The largest absolute Gasteiger partial charge is 0.454 e. The van der Waals surface area contributed by atoms with Crippen LogP contribution < -0.4 is 20.5 Å². The molecule has 108 valence electrons. The molecule has 1 aliphatic rings. The molecule has 0 spiro atoms. The summed E-state index contributed by atoms with van der Waals surface area (Å²) in [7, 11) is 0. The molecular weight excluding hydrogens is 315 g/mol. The van der Waals surface area contributed by atoms with Gasteiger partial charge in [0.25, 0.3) is 5.91 Å². The number of nitrogens with one attached hydrogen (secondary N) is 1. The van der Waals surface area contributed by atoms with E-state index < -0.39 is 5.91 Å². The molecular formula is C14H10Cl2N2O3. The maximum Gasteiger partial charge on any atom is 0.258 e. The predicted octanol–water partition coefficient (Wildman–Crippen LogP) is 3.56. The Hall–Kier alpha value is -2.11. The maximum atomic E-state index is 12.3. The Morgan fingerprint density at radius 1 is 1.14 bits per heavy atom. The summed E-state index contributed by atoms with van der Waals surface area (Å²) in [6.07, 6.45) is 0. The molecule has 0 aliphatic carbocycles. The van der Waals surface area contributed by atoms with Crippen LogP contribution in [0.25, 0.3) is 0 Å². The second-order valence-corrected chi connectivity index (χ2v) is 5.16. The van der Waals surface area contributed by atoms with Crippen LogP contribution in [0.5, 0.6) is 11.5 Å². The van der Waals surface area contributed by atoms with E-state index in [9.17, 15) is 4.79 Å². The van der Waals surface area contributed by atoms with E-state index in [0.717, 1.165) is 0 Å². The topological polar surface area (TPSA) is 73.6 Å². The lowest BCUT2D eigenvalue weighted by molar-refractivity contribution is 0.102. The number of fused-ring (bicyclic) bond motifs is 1. The molecule has 0 fully saturated rings. The summed E-state index contributed by atoms with van der Waals surface area (Å²) in [5, 5.41) is 3.20. The molecule has 0 atom stereocenters. The molecule has 0 bridgehead atoms. The summed E-state index contributed by atoms with van der Waals surface area (Å²) < 4.78 is 10.5. The number of anilines is 2. The minimum Gasteiger partial charge on any atom is -0.454 e. The second-order valence-electron chi connectivity index (χ2n) is 4.34. The molecule has 0 saturated carbocycles. The molecule has 5 nitrogen and oxygen atoms in total. The summed E-state index contributed by atoms with van der Waals surface area (Å²) in [4.78, 5) is 12.3. The maximum absolute atomic E-state index is 12.3. The fourth-order valence-electron chi connectivity index (χ4n) is 1.97. The van der Waals surface area contributed by atoms with Crippen LogP contribution in [0.2, 0.25) is 10.0 Å². The van der Waals surface area contributed by atoms with Gasteiger partial charge in [-0.25, -0.2) is 0 Å². The molecule has 3 rings (SSSR count). The van der Waals surface area contributed by atoms with E-state index in [4.69, 9.17) is 38.4 Å². The Morgan fingerprint density at radius 3 is 2.43 bits per heavy atom. The average Bonchev–Trinajstić information content (AvgIpc) is 2.86. The van der Waals surface area contributed by atoms with Crippen molar-refractivity contribution in [3.05, 3.63) is 45.9 Å². The normalized spacial score (nSPS) is 12.3. The third-order valence-electron chi connectivity index (χ3n) is 2.98. The summed E-state index contributed by atoms with van der Waals surface area (Å²) >= 11 is 12.0. The van der Waals surface area contributed by atoms with Crippen LogP contribution in [0, 0.1) is 0 Å². The highest BCUT2D eigenvalue weighted by Crippen LogP contribution is 2.38. The molecule has 1 amide bonds. The number of carbonyl (C=O) groups is 1. The lowest BCUT2D eigenvalue weighted by Crippen LogP contribution is -2.14. The molecule has 0 radical (unpaired) electrons. The Bertz CT molecular complexity index is 714. The van der Waals surface area contributed by atoms with Crippen molar-refractivity contribution >= 4 is 40.5 Å². The van der Waals surface area contributed by atoms with Gasteiger partial charge in [-0.1, -0.05) is 29.3 Å². The molecule has 2 aromatic rings. The third-order valence-corrected chi connectivity index (χ3v) is 3.61. The highest BCUT2D eigenvalue weighted by Gasteiger charge is 2.19. The summed E-state index contributed by atoms with van der Waals surface area (Å²) in [6.45, 7) is 0.127. The Labute approximate surface area is 130 Å². The first kappa shape index (κ1) is 13.9. The van der Waals surface area contributed by atoms with Crippen molar-refractivity contribution in [2.75, 3.05) is 17.8 Å². The van der Waals surface area contributed by atoms with Crippen LogP contribution in [0.1, 0.15) is 10.4 Å². The van der Waals surface area contributed by atoms with Gasteiger partial charge in [0.15, 0.2) is 11.5 Å². The lowest BCUT2D eigenvalue weighted by atomic mass is 10.2. The zero-order chi connectivity index (χ0) is 15.0. The number of nitrogen functional groups attached to an aromatic ring is 1. The standard InChI is InChI=1S/C14H10Cl2N2O3/c15-7-2-1-3-8(16)13(7)14(19)18-10-5-12-11(4-9(10)17)20-6-21-12/h1-5H,6,17H2,(H,18,19). The number of benzene rings is 2. The first-order valence-corrected chi connectivity index (χ1v) is 6.76. The van der Waals surface area contributed by atoms with Crippen molar-refractivity contribution < 1.29 is 14.3 Å². The van der Waals surface area contributed by atoms with Gasteiger partial charge in [0.1, 0.15) is 0 Å². The van der Waals surface area contributed by atoms with Gasteiger partial charge < -0.3 is 20.5 Å². The number of halogens is 2. The quantitative estimate of drug-likeness (QED) is 0.828. The number of amides is 1. The number of hydrogen-bond donors (Lipinski definition) is 2. The average molecular weight is 325 g/mol. The van der Waals surface area contributed by atoms with E-state index in [1.165, 1.54) is 0 Å². The van der Waals surface area contributed by atoms with Crippen LogP contribution >= 0.6 is 23.2 Å². The SMILES string of the molecule is Nc1cc2c(cc1NC(=O)c1c(Cl)cccc1Cl)OCO2. The van der Waals surface area contributed by atoms with E-state index in [-0.39, 0.29) is 22.4 Å². The number of carbonyl (C=O) groups excluding carboxylic acids is 1. The fourth-order valence-corrected chi connectivity index (χ4v) is 2.53. The van der Waals surface area contributed by atoms with Crippen LogP contribution in [0.15, 0.2) is 30.3 Å². The van der Waals surface area contributed by atoms with Crippen LogP contribution in [0.3, 0.4) is 0 Å². The van der Waals surface area contributed by atoms with E-state index >= 15 is 0 Å². The molecule has 1 aliphatic heterocycles. The number of ether oxygens (including phenoxy) is 2. The molecule has 7 heteroatoms. The van der Waals surface area contributed by atoms with E-state index in [2.05, 4.69) is 5.32 Å². The van der Waals surface area contributed by atoms with Gasteiger partial charge in [-0.15, -0.1) is 0 Å². The molecule has 21 heavy (non-hydrogen) atoms. The number of rotatable bonds is 2. The minimum absolute atomic E-state index is 0.127. The summed E-state index contributed by atoms with van der Waals surface area (Å²) in [5.41, 5.74) is 6.83. The van der Waals surface area contributed by atoms with Crippen molar-refractivity contribution in [1.82, 2.24) is 0 Å². The molecule has 0 saturated heterocycles. The number of hydrogen-bond acceptors (Lipinski definition) is 4. The molecule has 0 unspecified atom stereocenters. The fraction of sp³-hybridized carbons (Fsp3) is 0.0714. The third kappa shape index (κ3) is 2.57. The summed E-state index contributed by atoms with van der Waals surface area (Å²) in [6, 6.07) is 8.03. The van der Waals surface area contributed by atoms with Crippen molar-refractivity contribution in [2.45, 2.75) is 0 Å². The van der Waals surface area contributed by atoms with Gasteiger partial charge in [-0.2, -0.15) is 0 Å². The van der Waals surface area contributed by atoms with Gasteiger partial charge in [-0.3, -0.25) is 4.79 Å². The Kier molecular flexibility index (Phi) is 3.53. The first-order chi connectivity index (χ1) is 10.1. The van der Waals surface area contributed by atoms with Crippen LogP contribution in [-0.2, 0) is 0 Å². The van der Waals surface area contributed by atoms with Crippen LogP contribution in [-0.4, -0.2) is 12.7 Å². The van der Waals surface area contributed by atoms with Crippen molar-refractivity contribution in [1.29, 1.82) is 0 Å². The van der Waals surface area contributed by atoms with Gasteiger partial charge in [0.2, 0.25) is 6.79 Å². The molecule has 1 heterocycles. The second kappa shape index (κ2) is 5.35. The lowest BCUT2D eigenvalue weighted by Gasteiger charge is -2.11. The van der Waals surface area contributed by atoms with Gasteiger partial charge in [-0.05, 0) is 12.1 Å². The van der Waals surface area contributed by atoms with E-state index in [1.807, 2.05) is 0 Å². The van der Waals surface area contributed by atoms with Gasteiger partial charge in [0, 0.05) is 12.1 Å². The number of nitrogens with two attached hydrogens (primary N) is 1. The predicted molar refractivity (Wildman–Crippen MR) is 81.4 cm³/mol. The monoisotopic (exact) mass is 324 g/mol.